The number of nitrogens with zero attached hydrogens (tertiary/aromatic N) is 2. The van der Waals surface area contributed by atoms with Crippen molar-refractivity contribution in [2.24, 2.45) is 11.8 Å². The molecule has 2 heterocycles. The molecule has 2 aromatic heterocycles. The van der Waals surface area contributed by atoms with Gasteiger partial charge in [-0.05, 0) is 77.0 Å². The number of rotatable bonds is 5. The fourth-order valence-corrected chi connectivity index (χ4v) is 4.16. The van der Waals surface area contributed by atoms with Gasteiger partial charge in [0.1, 0.15) is 11.6 Å². The number of hydrogen-bond donors (Lipinski definition) is 1. The van der Waals surface area contributed by atoms with Crippen molar-refractivity contribution in [3.8, 4) is 11.6 Å². The highest BCUT2D eigenvalue weighted by atomic mass is 16.3. The third kappa shape index (κ3) is 4.26. The molecule has 0 amide bonds. The van der Waals surface area contributed by atoms with Crippen LogP contribution in [0.2, 0.25) is 0 Å². The summed E-state index contributed by atoms with van der Waals surface area (Å²) in [6.07, 6.45) is -1.48. The molecule has 4 rings (SSSR count). The van der Waals surface area contributed by atoms with E-state index < -0.39 is 12.7 Å². The second-order valence-electron chi connectivity index (χ2n) is 10.2. The quantitative estimate of drug-likeness (QED) is 0.353. The van der Waals surface area contributed by atoms with Gasteiger partial charge in [0.2, 0.25) is 0 Å². The zero-order valence-electron chi connectivity index (χ0n) is 24.1. The highest BCUT2D eigenvalue weighted by Gasteiger charge is 2.19. The van der Waals surface area contributed by atoms with Gasteiger partial charge in [0.25, 0.3) is 0 Å². The lowest BCUT2D eigenvalue weighted by Crippen LogP contribution is -2.12. The summed E-state index contributed by atoms with van der Waals surface area (Å²) in [5.41, 5.74) is 3.37. The van der Waals surface area contributed by atoms with Crippen LogP contribution in [-0.4, -0.2) is 14.7 Å². The molecule has 32 heavy (non-hydrogen) atoms. The van der Waals surface area contributed by atoms with E-state index in [1.54, 1.807) is 32.2 Å². The first-order chi connectivity index (χ1) is 16.6. The molecular formula is C29H36N2O. The average Bonchev–Trinajstić information content (AvgIpc) is 3.10. The van der Waals surface area contributed by atoms with E-state index in [-0.39, 0.29) is 28.6 Å². The van der Waals surface area contributed by atoms with Gasteiger partial charge in [0, 0.05) is 28.5 Å². The molecule has 0 aliphatic carbocycles. The first-order valence-electron chi connectivity index (χ1n) is 13.4. The predicted molar refractivity (Wildman–Crippen MR) is 136 cm³/mol. The van der Waals surface area contributed by atoms with Crippen LogP contribution in [0.4, 0.5) is 0 Å². The maximum atomic E-state index is 11.0. The SMILES string of the molecule is [2H]C([2H])(c1ccc2c(c1)c1cc(C([2H])([2H])C(C)C)c(O)cc1n2-c1cc(C(C)(C)C)ccn1)C(C)C. The maximum absolute atomic E-state index is 11.0. The number of fused-ring (bicyclic) bond motifs is 3. The molecule has 168 valence electrons. The van der Waals surface area contributed by atoms with Crippen molar-refractivity contribution in [1.29, 1.82) is 0 Å². The van der Waals surface area contributed by atoms with Crippen LogP contribution in [0.15, 0.2) is 48.7 Å². The molecule has 3 heteroatoms. The molecule has 0 saturated carbocycles. The van der Waals surface area contributed by atoms with E-state index in [1.807, 2.05) is 48.7 Å². The molecular weight excluding hydrogens is 392 g/mol. The minimum Gasteiger partial charge on any atom is -0.508 e. The highest BCUT2D eigenvalue weighted by molar-refractivity contribution is 6.10. The van der Waals surface area contributed by atoms with Gasteiger partial charge in [-0.15, -0.1) is 0 Å². The Morgan fingerprint density at radius 1 is 0.906 bits per heavy atom. The summed E-state index contributed by atoms with van der Waals surface area (Å²) < 4.78 is 36.6. The van der Waals surface area contributed by atoms with Crippen LogP contribution in [0.3, 0.4) is 0 Å². The first-order valence-corrected chi connectivity index (χ1v) is 11.4. The van der Waals surface area contributed by atoms with Crippen LogP contribution in [-0.2, 0) is 18.2 Å². The Balaban J connectivity index is 2.13. The topological polar surface area (TPSA) is 38.0 Å². The molecule has 0 saturated heterocycles. The molecule has 0 fully saturated rings. The normalized spacial score (nSPS) is 15.3. The van der Waals surface area contributed by atoms with Crippen LogP contribution in [0.25, 0.3) is 27.6 Å². The van der Waals surface area contributed by atoms with Gasteiger partial charge in [-0.2, -0.15) is 0 Å². The van der Waals surface area contributed by atoms with Gasteiger partial charge in [-0.25, -0.2) is 4.98 Å². The molecule has 0 bridgehead atoms. The molecule has 0 radical (unpaired) electrons. The van der Waals surface area contributed by atoms with E-state index in [1.165, 1.54) is 0 Å². The second-order valence-corrected chi connectivity index (χ2v) is 10.2. The first kappa shape index (κ1) is 17.7. The van der Waals surface area contributed by atoms with Crippen molar-refractivity contribution in [1.82, 2.24) is 9.55 Å². The zero-order valence-corrected chi connectivity index (χ0v) is 20.1. The lowest BCUT2D eigenvalue weighted by Gasteiger charge is -2.20. The summed E-state index contributed by atoms with van der Waals surface area (Å²) in [7, 11) is 0. The third-order valence-electron chi connectivity index (χ3n) is 5.62. The smallest absolute Gasteiger partial charge is 0.137 e. The Bertz CT molecular complexity index is 1450. The Morgan fingerprint density at radius 2 is 1.59 bits per heavy atom. The van der Waals surface area contributed by atoms with Crippen LogP contribution >= 0.6 is 0 Å². The number of aromatic hydroxyl groups is 1. The molecule has 4 aromatic rings. The van der Waals surface area contributed by atoms with Gasteiger partial charge in [0.15, 0.2) is 0 Å². The van der Waals surface area contributed by atoms with Gasteiger partial charge >= 0.3 is 0 Å². The van der Waals surface area contributed by atoms with Gasteiger partial charge in [-0.3, -0.25) is 4.57 Å². The second kappa shape index (κ2) is 8.27. The zero-order chi connectivity index (χ0) is 26.8. The van der Waals surface area contributed by atoms with Crippen LogP contribution in [0, 0.1) is 11.8 Å². The molecule has 2 aromatic carbocycles. The lowest BCUT2D eigenvalue weighted by molar-refractivity contribution is 0.463. The third-order valence-corrected chi connectivity index (χ3v) is 5.62. The number of phenolic OH excluding ortho intramolecular Hbond substituents is 1. The Labute approximate surface area is 197 Å². The van der Waals surface area contributed by atoms with Crippen molar-refractivity contribution in [2.45, 2.75) is 66.6 Å². The van der Waals surface area contributed by atoms with Crippen molar-refractivity contribution in [3.05, 3.63) is 65.4 Å². The maximum Gasteiger partial charge on any atom is 0.137 e. The summed E-state index contributed by atoms with van der Waals surface area (Å²) in [5.74, 6) is 0.0316. The number of aromatic nitrogens is 2. The van der Waals surface area contributed by atoms with E-state index in [2.05, 4.69) is 25.8 Å². The molecule has 0 unspecified atom stereocenters. The minimum absolute atomic E-state index is 0.0838. The van der Waals surface area contributed by atoms with Crippen molar-refractivity contribution >= 4 is 21.8 Å². The van der Waals surface area contributed by atoms with E-state index in [0.29, 0.717) is 16.9 Å². The number of hydrogen-bond acceptors (Lipinski definition) is 2. The van der Waals surface area contributed by atoms with Gasteiger partial charge in [-0.1, -0.05) is 54.5 Å². The highest BCUT2D eigenvalue weighted by Crippen LogP contribution is 2.37. The molecule has 1 N–H and O–H groups in total. The van der Waals surface area contributed by atoms with Crippen LogP contribution in [0.1, 0.15) is 70.6 Å². The van der Waals surface area contributed by atoms with Gasteiger partial charge in [0.05, 0.1) is 11.0 Å². The van der Waals surface area contributed by atoms with E-state index >= 15 is 0 Å². The average molecular weight is 433 g/mol. The largest absolute Gasteiger partial charge is 0.508 e. The Hall–Kier alpha value is -2.81. The molecule has 0 aliphatic heterocycles. The molecule has 0 spiro atoms. The Morgan fingerprint density at radius 3 is 2.25 bits per heavy atom. The number of phenols is 1. The minimum atomic E-state index is -1.73. The fourth-order valence-electron chi connectivity index (χ4n) is 4.16. The molecule has 3 nitrogen and oxygen atoms in total. The van der Waals surface area contributed by atoms with E-state index in [9.17, 15) is 5.11 Å². The van der Waals surface area contributed by atoms with Crippen LogP contribution < -0.4 is 0 Å². The van der Waals surface area contributed by atoms with Crippen LogP contribution in [0.5, 0.6) is 5.75 Å². The van der Waals surface area contributed by atoms with E-state index in [4.69, 9.17) is 5.48 Å². The molecule has 0 aliphatic rings. The molecule has 0 atom stereocenters. The van der Waals surface area contributed by atoms with E-state index in [0.717, 1.165) is 21.9 Å². The van der Waals surface area contributed by atoms with Crippen molar-refractivity contribution < 1.29 is 10.6 Å². The summed E-state index contributed by atoms with van der Waals surface area (Å²) in [6.45, 7) is 13.7. The number of benzene rings is 2. The lowest BCUT2D eigenvalue weighted by atomic mass is 9.88. The summed E-state index contributed by atoms with van der Waals surface area (Å²) in [4.78, 5) is 4.66. The predicted octanol–water partition coefficient (Wildman–Crippen LogP) is 7.58. The monoisotopic (exact) mass is 432 g/mol. The summed E-state index contributed by atoms with van der Waals surface area (Å²) >= 11 is 0. The summed E-state index contributed by atoms with van der Waals surface area (Å²) in [6, 6.07) is 13.0. The Kier molecular flexibility index (Phi) is 4.58. The number of pyridine rings is 1. The van der Waals surface area contributed by atoms with Crippen molar-refractivity contribution in [3.63, 3.8) is 0 Å². The standard InChI is InChI=1S/C29H36N2O/c1-18(2)12-20-8-9-25-23(14-20)24-15-21(13-19(3)4)27(32)17-26(24)31(25)28-16-22(10-11-30-28)29(5,6)7/h8-11,14-19,32H,12-13H2,1-7H3/i12D2,13D2. The van der Waals surface area contributed by atoms with Crippen molar-refractivity contribution in [2.75, 3.05) is 0 Å². The van der Waals surface area contributed by atoms with Gasteiger partial charge < -0.3 is 5.11 Å². The summed E-state index contributed by atoms with van der Waals surface area (Å²) in [5, 5.41) is 12.6. The fraction of sp³-hybridized carbons (Fsp3) is 0.414.